The molecule has 2 heteroatoms. The monoisotopic (exact) mass is 320 g/mol. The fraction of sp³-hybridized carbons (Fsp3) is 0.600. The number of alkyl halides is 2. The third kappa shape index (κ3) is 1.87. The van der Waals surface area contributed by atoms with E-state index in [1.54, 1.807) is 0 Å². The van der Waals surface area contributed by atoms with Gasteiger partial charge in [0.2, 0.25) is 0 Å². The van der Waals surface area contributed by atoms with Gasteiger partial charge in [-0.3, -0.25) is 0 Å². The molecule has 0 aliphatic heterocycles. The van der Waals surface area contributed by atoms with Gasteiger partial charge in [0.05, 0.1) is 0 Å². The summed E-state index contributed by atoms with van der Waals surface area (Å²) in [6.07, 6.45) is 5.89. The van der Waals surface area contributed by atoms with Crippen LogP contribution < -0.4 is 0 Å². The largest absolute Gasteiger partial charge is 0.0780 e. The summed E-state index contributed by atoms with van der Waals surface area (Å²) in [6.45, 7) is 0. The van der Waals surface area contributed by atoms with Crippen LogP contribution in [-0.4, -0.2) is 7.85 Å². The number of hydrogen-bond acceptors (Lipinski definition) is 0. The fourth-order valence-electron chi connectivity index (χ4n) is 0.613. The second-order valence-corrected chi connectivity index (χ2v) is 4.85. The Balaban J connectivity index is 2.42. The summed E-state index contributed by atoms with van der Waals surface area (Å²) in [5.74, 6) is 0. The summed E-state index contributed by atoms with van der Waals surface area (Å²) in [4.78, 5) is 0. The van der Waals surface area contributed by atoms with Crippen LogP contribution in [0.15, 0.2) is 12.2 Å². The van der Waals surface area contributed by atoms with Crippen molar-refractivity contribution in [1.29, 1.82) is 0 Å². The molecule has 0 heterocycles. The molecule has 0 radical (unpaired) electrons. The summed E-state index contributed by atoms with van der Waals surface area (Å²) >= 11 is 4.91. The minimum atomic E-state index is 0.805. The van der Waals surface area contributed by atoms with Crippen LogP contribution in [0.5, 0.6) is 0 Å². The van der Waals surface area contributed by atoms with Gasteiger partial charge in [0.1, 0.15) is 0 Å². The first-order valence-corrected chi connectivity index (χ1v) is 4.74. The molecule has 0 saturated carbocycles. The van der Waals surface area contributed by atoms with Gasteiger partial charge >= 0.3 is 0 Å². The summed E-state index contributed by atoms with van der Waals surface area (Å²) < 4.78 is 1.61. The second kappa shape index (κ2) is 2.66. The van der Waals surface area contributed by atoms with Crippen LogP contribution in [0.1, 0.15) is 6.42 Å². The van der Waals surface area contributed by atoms with Crippen molar-refractivity contribution in [3.05, 3.63) is 12.2 Å². The maximum absolute atomic E-state index is 2.46. The summed E-state index contributed by atoms with van der Waals surface area (Å²) in [5.41, 5.74) is 0. The van der Waals surface area contributed by atoms with Gasteiger partial charge in [-0.15, -0.1) is 0 Å². The molecule has 0 nitrogen and oxygen atoms in total. The Morgan fingerprint density at radius 1 is 1.14 bits per heavy atom. The molecule has 40 valence electrons. The van der Waals surface area contributed by atoms with Crippen LogP contribution in [0.25, 0.3) is 0 Å². The molecule has 0 fully saturated rings. The molecule has 0 amide bonds. The predicted octanol–water partition coefficient (Wildman–Crippen LogP) is 2.55. The number of allylic oxidation sites excluding steroid dienone is 2. The van der Waals surface area contributed by atoms with Crippen LogP contribution in [0.3, 0.4) is 0 Å². The highest BCUT2D eigenvalue weighted by Crippen LogP contribution is 2.23. The van der Waals surface area contributed by atoms with Gasteiger partial charge in [-0.1, -0.05) is 57.3 Å². The zero-order chi connectivity index (χ0) is 5.28. The highest BCUT2D eigenvalue weighted by molar-refractivity contribution is 14.1. The Bertz CT molecular complexity index is 78.1. The molecule has 0 aromatic rings. The SMILES string of the molecule is IC1C=CC(I)C1. The number of rotatable bonds is 0. The standard InChI is InChI=1S/C5H6I2/c6-4-1-2-5(7)3-4/h1-2,4-5H,3H2. The molecular formula is C5H6I2. The van der Waals surface area contributed by atoms with Crippen molar-refractivity contribution in [2.24, 2.45) is 0 Å². The molecule has 0 spiro atoms. The van der Waals surface area contributed by atoms with Gasteiger partial charge in [0, 0.05) is 7.85 Å². The lowest BCUT2D eigenvalue weighted by atomic mass is 10.4. The lowest BCUT2D eigenvalue weighted by molar-refractivity contribution is 1.01. The fourth-order valence-corrected chi connectivity index (χ4v) is 3.16. The van der Waals surface area contributed by atoms with Crippen molar-refractivity contribution in [3.63, 3.8) is 0 Å². The molecule has 0 aromatic carbocycles. The van der Waals surface area contributed by atoms with E-state index in [9.17, 15) is 0 Å². The minimum absolute atomic E-state index is 0.805. The van der Waals surface area contributed by atoms with Crippen molar-refractivity contribution < 1.29 is 0 Å². The zero-order valence-corrected chi connectivity index (χ0v) is 8.09. The van der Waals surface area contributed by atoms with Crippen molar-refractivity contribution in [3.8, 4) is 0 Å². The van der Waals surface area contributed by atoms with E-state index in [2.05, 4.69) is 57.3 Å². The van der Waals surface area contributed by atoms with E-state index in [1.807, 2.05) is 0 Å². The summed E-state index contributed by atoms with van der Waals surface area (Å²) in [7, 11) is 0. The Morgan fingerprint density at radius 3 is 1.71 bits per heavy atom. The van der Waals surface area contributed by atoms with Crippen LogP contribution in [0, 0.1) is 0 Å². The Kier molecular flexibility index (Phi) is 2.40. The predicted molar refractivity (Wildman–Crippen MR) is 49.4 cm³/mol. The molecule has 0 saturated heterocycles. The third-order valence-corrected chi connectivity index (χ3v) is 2.83. The molecule has 1 aliphatic carbocycles. The average molecular weight is 320 g/mol. The molecular weight excluding hydrogens is 314 g/mol. The molecule has 0 N–H and O–H groups in total. The van der Waals surface area contributed by atoms with Gasteiger partial charge in [-0.2, -0.15) is 0 Å². The normalized spacial score (nSPS) is 39.7. The van der Waals surface area contributed by atoms with Crippen molar-refractivity contribution in [2.45, 2.75) is 14.3 Å². The van der Waals surface area contributed by atoms with Crippen molar-refractivity contribution in [1.82, 2.24) is 0 Å². The maximum Gasteiger partial charge on any atom is 0.0302 e. The van der Waals surface area contributed by atoms with Crippen molar-refractivity contribution in [2.75, 3.05) is 0 Å². The lowest BCUT2D eigenvalue weighted by Crippen LogP contribution is -1.90. The van der Waals surface area contributed by atoms with Crippen LogP contribution in [0.2, 0.25) is 0 Å². The van der Waals surface area contributed by atoms with Crippen LogP contribution in [0.4, 0.5) is 0 Å². The number of hydrogen-bond donors (Lipinski definition) is 0. The van der Waals surface area contributed by atoms with E-state index in [0.29, 0.717) is 0 Å². The van der Waals surface area contributed by atoms with E-state index in [0.717, 1.165) is 7.85 Å². The molecule has 2 atom stereocenters. The quantitative estimate of drug-likeness (QED) is 0.366. The first kappa shape index (κ1) is 6.32. The second-order valence-electron chi connectivity index (χ2n) is 1.65. The minimum Gasteiger partial charge on any atom is -0.0780 e. The smallest absolute Gasteiger partial charge is 0.0302 e. The van der Waals surface area contributed by atoms with Crippen molar-refractivity contribution >= 4 is 45.2 Å². The van der Waals surface area contributed by atoms with E-state index < -0.39 is 0 Å². The average Bonchev–Trinajstić information content (AvgIpc) is 1.87. The van der Waals surface area contributed by atoms with Gasteiger partial charge in [0.15, 0.2) is 0 Å². The van der Waals surface area contributed by atoms with E-state index in [1.165, 1.54) is 6.42 Å². The first-order chi connectivity index (χ1) is 3.29. The maximum atomic E-state index is 2.46. The molecule has 0 aromatic heterocycles. The number of halogens is 2. The van der Waals surface area contributed by atoms with Gasteiger partial charge in [-0.05, 0) is 6.42 Å². The molecule has 0 bridgehead atoms. The molecule has 2 unspecified atom stereocenters. The highest BCUT2D eigenvalue weighted by Gasteiger charge is 2.11. The topological polar surface area (TPSA) is 0 Å². The Hall–Kier alpha value is 1.20. The van der Waals surface area contributed by atoms with E-state index in [4.69, 9.17) is 0 Å². The van der Waals surface area contributed by atoms with Crippen LogP contribution in [-0.2, 0) is 0 Å². The van der Waals surface area contributed by atoms with Gasteiger partial charge in [-0.25, -0.2) is 0 Å². The Morgan fingerprint density at radius 2 is 1.57 bits per heavy atom. The lowest BCUT2D eigenvalue weighted by Gasteiger charge is -1.94. The van der Waals surface area contributed by atoms with E-state index >= 15 is 0 Å². The van der Waals surface area contributed by atoms with Gasteiger partial charge in [0.25, 0.3) is 0 Å². The first-order valence-electron chi connectivity index (χ1n) is 2.25. The molecule has 7 heavy (non-hydrogen) atoms. The van der Waals surface area contributed by atoms with Crippen LogP contribution >= 0.6 is 45.2 Å². The summed E-state index contributed by atoms with van der Waals surface area (Å²) in [6, 6.07) is 0. The third-order valence-electron chi connectivity index (χ3n) is 0.979. The molecule has 1 rings (SSSR count). The highest BCUT2D eigenvalue weighted by atomic mass is 127. The Labute approximate surface area is 71.0 Å². The zero-order valence-electron chi connectivity index (χ0n) is 3.77. The summed E-state index contributed by atoms with van der Waals surface area (Å²) in [5, 5.41) is 0. The van der Waals surface area contributed by atoms with Gasteiger partial charge < -0.3 is 0 Å². The molecule has 1 aliphatic rings. The van der Waals surface area contributed by atoms with E-state index in [-0.39, 0.29) is 0 Å².